The van der Waals surface area contributed by atoms with Crippen LogP contribution >= 0.6 is 0 Å². The molecular weight excluding hydrogens is 254 g/mol. The number of nitrogens with one attached hydrogen (secondary N) is 2. The summed E-state index contributed by atoms with van der Waals surface area (Å²) in [6, 6.07) is 7.01. The van der Waals surface area contributed by atoms with E-state index < -0.39 is 6.04 Å². The fourth-order valence-electron chi connectivity index (χ4n) is 1.94. The van der Waals surface area contributed by atoms with Gasteiger partial charge in [-0.25, -0.2) is 0 Å². The standard InChI is InChI=1S/C15H21N3O2/c1-9(11-4-3-5-12(16)8-11)14(19)17-10(2)15(20)18-13-6-7-13/h3-5,8-10,13H,6-7,16H2,1-2H3,(H,17,19)(H,18,20). The molecule has 2 atom stereocenters. The molecule has 4 N–H and O–H groups in total. The van der Waals surface area contributed by atoms with Gasteiger partial charge in [0.2, 0.25) is 11.8 Å². The van der Waals surface area contributed by atoms with Gasteiger partial charge in [-0.3, -0.25) is 9.59 Å². The Labute approximate surface area is 118 Å². The molecule has 0 aliphatic heterocycles. The number of hydrogen-bond acceptors (Lipinski definition) is 3. The van der Waals surface area contributed by atoms with Gasteiger partial charge >= 0.3 is 0 Å². The van der Waals surface area contributed by atoms with Crippen molar-refractivity contribution in [1.29, 1.82) is 0 Å². The summed E-state index contributed by atoms with van der Waals surface area (Å²) in [5.41, 5.74) is 7.18. The number of benzene rings is 1. The molecular formula is C15H21N3O2. The van der Waals surface area contributed by atoms with Crippen LogP contribution < -0.4 is 16.4 Å². The first-order valence-corrected chi connectivity index (χ1v) is 6.93. The highest BCUT2D eigenvalue weighted by Gasteiger charge is 2.27. The van der Waals surface area contributed by atoms with Crippen LogP contribution in [0.4, 0.5) is 5.69 Å². The van der Waals surface area contributed by atoms with Crippen molar-refractivity contribution >= 4 is 17.5 Å². The smallest absolute Gasteiger partial charge is 0.242 e. The predicted molar refractivity (Wildman–Crippen MR) is 78.0 cm³/mol. The lowest BCUT2D eigenvalue weighted by Gasteiger charge is -2.17. The van der Waals surface area contributed by atoms with Crippen LogP contribution in [0.3, 0.4) is 0 Å². The van der Waals surface area contributed by atoms with Gasteiger partial charge < -0.3 is 16.4 Å². The zero-order valence-electron chi connectivity index (χ0n) is 11.8. The minimum atomic E-state index is -0.522. The summed E-state index contributed by atoms with van der Waals surface area (Å²) in [5, 5.41) is 5.61. The fraction of sp³-hybridized carbons (Fsp3) is 0.467. The Hall–Kier alpha value is -2.04. The molecule has 5 nitrogen and oxygen atoms in total. The van der Waals surface area contributed by atoms with E-state index in [1.54, 1.807) is 26.0 Å². The summed E-state index contributed by atoms with van der Waals surface area (Å²) in [7, 11) is 0. The van der Waals surface area contributed by atoms with Crippen molar-refractivity contribution in [3.05, 3.63) is 29.8 Å². The van der Waals surface area contributed by atoms with Crippen molar-refractivity contribution in [1.82, 2.24) is 10.6 Å². The third-order valence-electron chi connectivity index (χ3n) is 3.48. The van der Waals surface area contributed by atoms with E-state index in [2.05, 4.69) is 10.6 Å². The van der Waals surface area contributed by atoms with Crippen LogP contribution in [0.25, 0.3) is 0 Å². The average Bonchev–Trinajstić information content (AvgIpc) is 3.21. The average molecular weight is 275 g/mol. The van der Waals surface area contributed by atoms with Crippen molar-refractivity contribution in [3.63, 3.8) is 0 Å². The lowest BCUT2D eigenvalue weighted by Crippen LogP contribution is -2.46. The molecule has 5 heteroatoms. The zero-order chi connectivity index (χ0) is 14.7. The van der Waals surface area contributed by atoms with E-state index in [0.717, 1.165) is 18.4 Å². The minimum absolute atomic E-state index is 0.124. The number of anilines is 1. The van der Waals surface area contributed by atoms with E-state index in [-0.39, 0.29) is 17.7 Å². The van der Waals surface area contributed by atoms with Crippen LogP contribution in [-0.2, 0) is 9.59 Å². The van der Waals surface area contributed by atoms with Crippen LogP contribution in [0.5, 0.6) is 0 Å². The quantitative estimate of drug-likeness (QED) is 0.705. The summed E-state index contributed by atoms with van der Waals surface area (Å²) < 4.78 is 0. The molecule has 0 saturated heterocycles. The second kappa shape index (κ2) is 5.94. The predicted octanol–water partition coefficient (Wildman–Crippen LogP) is 1.16. The lowest BCUT2D eigenvalue weighted by molar-refractivity contribution is -0.129. The van der Waals surface area contributed by atoms with Gasteiger partial charge in [0.25, 0.3) is 0 Å². The molecule has 0 radical (unpaired) electrons. The van der Waals surface area contributed by atoms with Crippen molar-refractivity contribution in [2.24, 2.45) is 0 Å². The first-order valence-electron chi connectivity index (χ1n) is 6.93. The second-order valence-electron chi connectivity index (χ2n) is 5.40. The highest BCUT2D eigenvalue weighted by atomic mass is 16.2. The number of carbonyl (C=O) groups excluding carboxylic acids is 2. The largest absolute Gasteiger partial charge is 0.399 e. The maximum absolute atomic E-state index is 12.1. The summed E-state index contributed by atoms with van der Waals surface area (Å²) in [5.74, 6) is -0.635. The molecule has 0 aromatic heterocycles. The van der Waals surface area contributed by atoms with Crippen LogP contribution in [0, 0.1) is 0 Å². The summed E-state index contributed by atoms with van der Waals surface area (Å²) in [4.78, 5) is 23.9. The molecule has 2 amide bonds. The molecule has 20 heavy (non-hydrogen) atoms. The first kappa shape index (κ1) is 14.4. The van der Waals surface area contributed by atoms with Crippen molar-refractivity contribution in [2.45, 2.75) is 44.7 Å². The topological polar surface area (TPSA) is 84.2 Å². The minimum Gasteiger partial charge on any atom is -0.399 e. The van der Waals surface area contributed by atoms with E-state index in [4.69, 9.17) is 5.73 Å². The SMILES string of the molecule is CC(NC(=O)C(C)c1cccc(N)c1)C(=O)NC1CC1. The van der Waals surface area contributed by atoms with Gasteiger partial charge in [0.1, 0.15) is 6.04 Å². The molecule has 1 fully saturated rings. The van der Waals surface area contributed by atoms with E-state index >= 15 is 0 Å². The molecule has 1 aromatic carbocycles. The van der Waals surface area contributed by atoms with E-state index in [1.165, 1.54) is 0 Å². The Morgan fingerprint density at radius 3 is 2.55 bits per heavy atom. The lowest BCUT2D eigenvalue weighted by atomic mass is 9.99. The van der Waals surface area contributed by atoms with Crippen molar-refractivity contribution < 1.29 is 9.59 Å². The van der Waals surface area contributed by atoms with Gasteiger partial charge in [0, 0.05) is 11.7 Å². The normalized spacial score (nSPS) is 17.1. The van der Waals surface area contributed by atoms with Crippen LogP contribution in [0.15, 0.2) is 24.3 Å². The molecule has 0 heterocycles. The van der Waals surface area contributed by atoms with Crippen molar-refractivity contribution in [2.75, 3.05) is 5.73 Å². The third-order valence-corrected chi connectivity index (χ3v) is 3.48. The van der Waals surface area contributed by atoms with Crippen LogP contribution in [-0.4, -0.2) is 23.9 Å². The number of rotatable bonds is 5. The Morgan fingerprint density at radius 1 is 1.25 bits per heavy atom. The number of nitrogen functional groups attached to an aromatic ring is 1. The highest BCUT2D eigenvalue weighted by molar-refractivity contribution is 5.90. The molecule has 108 valence electrons. The Balaban J connectivity index is 1.91. The van der Waals surface area contributed by atoms with Gasteiger partial charge in [-0.15, -0.1) is 0 Å². The summed E-state index contributed by atoms with van der Waals surface area (Å²) in [6.45, 7) is 3.50. The van der Waals surface area contributed by atoms with Gasteiger partial charge in [0.15, 0.2) is 0 Å². The monoisotopic (exact) mass is 275 g/mol. The first-order chi connectivity index (χ1) is 9.47. The Morgan fingerprint density at radius 2 is 1.95 bits per heavy atom. The zero-order valence-corrected chi connectivity index (χ0v) is 11.8. The van der Waals surface area contributed by atoms with Crippen LogP contribution in [0.2, 0.25) is 0 Å². The summed E-state index contributed by atoms with van der Waals surface area (Å²) >= 11 is 0. The van der Waals surface area contributed by atoms with E-state index in [1.807, 2.05) is 12.1 Å². The molecule has 1 aromatic rings. The number of hydrogen-bond donors (Lipinski definition) is 3. The van der Waals surface area contributed by atoms with E-state index in [0.29, 0.717) is 11.7 Å². The highest BCUT2D eigenvalue weighted by Crippen LogP contribution is 2.19. The van der Waals surface area contributed by atoms with E-state index in [9.17, 15) is 9.59 Å². The number of amides is 2. The molecule has 1 aliphatic rings. The second-order valence-corrected chi connectivity index (χ2v) is 5.40. The number of carbonyl (C=O) groups is 2. The fourth-order valence-corrected chi connectivity index (χ4v) is 1.94. The van der Waals surface area contributed by atoms with Gasteiger partial charge in [-0.2, -0.15) is 0 Å². The molecule has 1 saturated carbocycles. The molecule has 0 spiro atoms. The number of nitrogens with two attached hydrogens (primary N) is 1. The van der Waals surface area contributed by atoms with Crippen molar-refractivity contribution in [3.8, 4) is 0 Å². The Kier molecular flexibility index (Phi) is 4.27. The maximum atomic E-state index is 12.1. The maximum Gasteiger partial charge on any atom is 0.242 e. The molecule has 2 rings (SSSR count). The summed E-state index contributed by atoms with van der Waals surface area (Å²) in [6.07, 6.45) is 2.07. The molecule has 1 aliphatic carbocycles. The Bertz CT molecular complexity index is 512. The van der Waals surface area contributed by atoms with Gasteiger partial charge in [-0.1, -0.05) is 12.1 Å². The van der Waals surface area contributed by atoms with Gasteiger partial charge in [0.05, 0.1) is 5.92 Å². The van der Waals surface area contributed by atoms with Crippen LogP contribution in [0.1, 0.15) is 38.2 Å². The third kappa shape index (κ3) is 3.73. The molecule has 0 bridgehead atoms. The van der Waals surface area contributed by atoms with Gasteiger partial charge in [-0.05, 0) is 44.4 Å². The molecule has 2 unspecified atom stereocenters.